The third-order valence-electron chi connectivity index (χ3n) is 3.57. The van der Waals surface area contributed by atoms with Crippen LogP contribution in [0, 0.1) is 11.6 Å². The Morgan fingerprint density at radius 2 is 1.73 bits per heavy atom. The standard InChI is InChI=1S/C17H14F2OS2/c1-17(20,10-11-13(18)4-2-5-14(11)19)12-7-9-22-16(12)15-6-3-8-21-15/h2-9,20H,10H2,1H3. The third kappa shape index (κ3) is 2.84. The monoisotopic (exact) mass is 336 g/mol. The Labute approximate surface area is 135 Å². The van der Waals surface area contributed by atoms with Crippen LogP contribution in [0.25, 0.3) is 9.75 Å². The molecule has 0 spiro atoms. The lowest BCUT2D eigenvalue weighted by molar-refractivity contribution is 0.0567. The highest BCUT2D eigenvalue weighted by Crippen LogP contribution is 2.40. The molecule has 5 heteroatoms. The minimum atomic E-state index is -1.34. The molecule has 0 aliphatic heterocycles. The lowest BCUT2D eigenvalue weighted by Gasteiger charge is -2.24. The topological polar surface area (TPSA) is 20.2 Å². The number of aliphatic hydroxyl groups is 1. The van der Waals surface area contributed by atoms with Gasteiger partial charge >= 0.3 is 0 Å². The van der Waals surface area contributed by atoms with E-state index >= 15 is 0 Å². The van der Waals surface area contributed by atoms with Crippen molar-refractivity contribution in [2.45, 2.75) is 18.9 Å². The maximum Gasteiger partial charge on any atom is 0.129 e. The number of rotatable bonds is 4. The molecule has 1 unspecified atom stereocenters. The molecule has 0 bridgehead atoms. The van der Waals surface area contributed by atoms with Crippen molar-refractivity contribution >= 4 is 22.7 Å². The van der Waals surface area contributed by atoms with E-state index in [9.17, 15) is 13.9 Å². The van der Waals surface area contributed by atoms with Gasteiger partial charge in [0, 0.05) is 22.4 Å². The normalized spacial score (nSPS) is 14.0. The molecule has 0 aliphatic rings. The van der Waals surface area contributed by atoms with Crippen LogP contribution in [-0.2, 0) is 12.0 Å². The van der Waals surface area contributed by atoms with Crippen molar-refractivity contribution in [3.63, 3.8) is 0 Å². The number of benzene rings is 1. The predicted octanol–water partition coefficient (Wildman–Crippen LogP) is 5.21. The van der Waals surface area contributed by atoms with Crippen LogP contribution in [0.15, 0.2) is 47.2 Å². The van der Waals surface area contributed by atoms with Crippen LogP contribution >= 0.6 is 22.7 Å². The summed E-state index contributed by atoms with van der Waals surface area (Å²) >= 11 is 3.09. The zero-order chi connectivity index (χ0) is 15.7. The van der Waals surface area contributed by atoms with Gasteiger partial charge in [-0.1, -0.05) is 12.1 Å². The first-order valence-electron chi connectivity index (χ1n) is 6.76. The molecule has 114 valence electrons. The number of hydrogen-bond acceptors (Lipinski definition) is 3. The van der Waals surface area contributed by atoms with E-state index in [2.05, 4.69) is 0 Å². The van der Waals surface area contributed by atoms with Gasteiger partial charge in [0.1, 0.15) is 11.6 Å². The van der Waals surface area contributed by atoms with E-state index in [1.165, 1.54) is 29.5 Å². The van der Waals surface area contributed by atoms with Crippen molar-refractivity contribution in [3.8, 4) is 9.75 Å². The molecule has 1 aromatic carbocycles. The second-order valence-electron chi connectivity index (χ2n) is 5.29. The van der Waals surface area contributed by atoms with Crippen molar-refractivity contribution in [2.75, 3.05) is 0 Å². The minimum Gasteiger partial charge on any atom is -0.385 e. The van der Waals surface area contributed by atoms with Gasteiger partial charge in [0.15, 0.2) is 0 Å². The molecule has 1 atom stereocenters. The van der Waals surface area contributed by atoms with E-state index in [-0.39, 0.29) is 12.0 Å². The predicted molar refractivity (Wildman–Crippen MR) is 87.3 cm³/mol. The lowest BCUT2D eigenvalue weighted by atomic mass is 9.88. The van der Waals surface area contributed by atoms with E-state index in [1.54, 1.807) is 18.3 Å². The molecule has 2 aromatic heterocycles. The van der Waals surface area contributed by atoms with Crippen LogP contribution in [0.2, 0.25) is 0 Å². The molecule has 0 aliphatic carbocycles. The zero-order valence-electron chi connectivity index (χ0n) is 11.8. The van der Waals surface area contributed by atoms with Gasteiger partial charge < -0.3 is 5.11 Å². The Bertz CT molecular complexity index is 756. The van der Waals surface area contributed by atoms with Crippen molar-refractivity contribution in [3.05, 3.63) is 69.9 Å². The summed E-state index contributed by atoms with van der Waals surface area (Å²) in [6, 6.07) is 9.47. The molecule has 22 heavy (non-hydrogen) atoms. The summed E-state index contributed by atoms with van der Waals surface area (Å²) < 4.78 is 27.7. The van der Waals surface area contributed by atoms with Crippen molar-refractivity contribution < 1.29 is 13.9 Å². The van der Waals surface area contributed by atoms with Gasteiger partial charge in [-0.15, -0.1) is 22.7 Å². The highest BCUT2D eigenvalue weighted by molar-refractivity contribution is 7.20. The molecule has 1 N–H and O–H groups in total. The minimum absolute atomic E-state index is 0.0872. The average molecular weight is 336 g/mol. The van der Waals surface area contributed by atoms with Gasteiger partial charge in [-0.05, 0) is 41.9 Å². The van der Waals surface area contributed by atoms with E-state index < -0.39 is 17.2 Å². The Kier molecular flexibility index (Phi) is 4.12. The fraction of sp³-hybridized carbons (Fsp3) is 0.176. The molecular weight excluding hydrogens is 322 g/mol. The lowest BCUT2D eigenvalue weighted by Crippen LogP contribution is -2.25. The highest BCUT2D eigenvalue weighted by Gasteiger charge is 2.30. The molecule has 0 fully saturated rings. The van der Waals surface area contributed by atoms with E-state index in [4.69, 9.17) is 0 Å². The number of thiophene rings is 2. The highest BCUT2D eigenvalue weighted by atomic mass is 32.1. The smallest absolute Gasteiger partial charge is 0.129 e. The molecular formula is C17H14F2OS2. The summed E-state index contributed by atoms with van der Waals surface area (Å²) in [5.74, 6) is -1.26. The maximum absolute atomic E-state index is 13.8. The van der Waals surface area contributed by atoms with E-state index in [0.29, 0.717) is 5.56 Å². The first-order valence-corrected chi connectivity index (χ1v) is 8.52. The Morgan fingerprint density at radius 3 is 2.36 bits per heavy atom. The molecule has 2 heterocycles. The maximum atomic E-state index is 13.8. The summed E-state index contributed by atoms with van der Waals surface area (Å²) in [4.78, 5) is 1.98. The van der Waals surface area contributed by atoms with Crippen LogP contribution in [0.5, 0.6) is 0 Å². The van der Waals surface area contributed by atoms with Crippen LogP contribution in [-0.4, -0.2) is 5.11 Å². The van der Waals surface area contributed by atoms with Crippen molar-refractivity contribution in [1.29, 1.82) is 0 Å². The van der Waals surface area contributed by atoms with E-state index in [1.807, 2.05) is 29.0 Å². The van der Waals surface area contributed by atoms with Gasteiger partial charge in [0.2, 0.25) is 0 Å². The summed E-state index contributed by atoms with van der Waals surface area (Å²) in [6.45, 7) is 1.60. The largest absolute Gasteiger partial charge is 0.385 e. The van der Waals surface area contributed by atoms with Crippen molar-refractivity contribution in [2.24, 2.45) is 0 Å². The molecule has 0 amide bonds. The van der Waals surface area contributed by atoms with Gasteiger partial charge in [-0.2, -0.15) is 0 Å². The molecule has 0 saturated carbocycles. The van der Waals surface area contributed by atoms with Crippen LogP contribution < -0.4 is 0 Å². The Morgan fingerprint density at radius 1 is 1.00 bits per heavy atom. The van der Waals surface area contributed by atoms with Gasteiger partial charge in [0.25, 0.3) is 0 Å². The summed E-state index contributed by atoms with van der Waals surface area (Å²) in [5.41, 5.74) is -0.735. The van der Waals surface area contributed by atoms with E-state index in [0.717, 1.165) is 9.75 Å². The molecule has 0 radical (unpaired) electrons. The fourth-order valence-corrected chi connectivity index (χ4v) is 4.38. The first kappa shape index (κ1) is 15.3. The van der Waals surface area contributed by atoms with Crippen LogP contribution in [0.1, 0.15) is 18.1 Å². The summed E-state index contributed by atoms with van der Waals surface area (Å²) in [6.07, 6.45) is -0.111. The quantitative estimate of drug-likeness (QED) is 0.694. The summed E-state index contributed by atoms with van der Waals surface area (Å²) in [7, 11) is 0. The zero-order valence-corrected chi connectivity index (χ0v) is 13.5. The molecule has 3 rings (SSSR count). The Balaban J connectivity index is 1.99. The fourth-order valence-electron chi connectivity index (χ4n) is 2.47. The van der Waals surface area contributed by atoms with Gasteiger partial charge in [-0.25, -0.2) is 8.78 Å². The molecule has 0 saturated heterocycles. The van der Waals surface area contributed by atoms with Gasteiger partial charge in [-0.3, -0.25) is 0 Å². The number of halogens is 2. The van der Waals surface area contributed by atoms with Crippen LogP contribution in [0.4, 0.5) is 8.78 Å². The third-order valence-corrected chi connectivity index (χ3v) is 5.54. The second-order valence-corrected chi connectivity index (χ2v) is 7.16. The second kappa shape index (κ2) is 5.91. The summed E-state index contributed by atoms with van der Waals surface area (Å²) in [5, 5.41) is 14.7. The van der Waals surface area contributed by atoms with Crippen molar-refractivity contribution in [1.82, 2.24) is 0 Å². The number of hydrogen-bond donors (Lipinski definition) is 1. The Hall–Kier alpha value is -1.56. The molecule has 3 aromatic rings. The van der Waals surface area contributed by atoms with Crippen LogP contribution in [0.3, 0.4) is 0 Å². The SMILES string of the molecule is CC(O)(Cc1c(F)cccc1F)c1ccsc1-c1cccs1. The molecule has 1 nitrogen and oxygen atoms in total. The van der Waals surface area contributed by atoms with Gasteiger partial charge in [0.05, 0.1) is 10.5 Å². The first-order chi connectivity index (χ1) is 10.5. The average Bonchev–Trinajstić information content (AvgIpc) is 3.12.